The van der Waals surface area contributed by atoms with Gasteiger partial charge in [-0.25, -0.2) is 9.37 Å². The summed E-state index contributed by atoms with van der Waals surface area (Å²) in [6, 6.07) is 8.15. The van der Waals surface area contributed by atoms with Crippen molar-refractivity contribution < 1.29 is 9.50 Å². The SMILES string of the molecule is N=C1C(c2nc(-c3cccs3)cs2)=C(O)CN1c1ccc(F)c(Cl)c1. The highest BCUT2D eigenvalue weighted by molar-refractivity contribution is 7.14. The van der Waals surface area contributed by atoms with Crippen LogP contribution < -0.4 is 4.90 Å². The molecule has 126 valence electrons. The number of thiophene rings is 1. The van der Waals surface area contributed by atoms with Crippen LogP contribution in [0.1, 0.15) is 5.01 Å². The zero-order valence-corrected chi connectivity index (χ0v) is 15.1. The van der Waals surface area contributed by atoms with Crippen LogP contribution in [-0.2, 0) is 0 Å². The van der Waals surface area contributed by atoms with Crippen LogP contribution in [0.4, 0.5) is 10.1 Å². The Labute approximate surface area is 156 Å². The zero-order chi connectivity index (χ0) is 17.6. The van der Waals surface area contributed by atoms with Gasteiger partial charge in [0.1, 0.15) is 22.4 Å². The molecule has 2 aromatic heterocycles. The second-order valence-corrected chi connectivity index (χ2v) is 7.58. The van der Waals surface area contributed by atoms with Crippen LogP contribution in [0, 0.1) is 11.2 Å². The number of nitrogens with one attached hydrogen (secondary N) is 1. The Morgan fingerprint density at radius 2 is 2.12 bits per heavy atom. The minimum absolute atomic E-state index is 0.0209. The van der Waals surface area contributed by atoms with E-state index in [1.165, 1.54) is 29.5 Å². The summed E-state index contributed by atoms with van der Waals surface area (Å²) in [4.78, 5) is 7.16. The summed E-state index contributed by atoms with van der Waals surface area (Å²) in [6.07, 6.45) is 0. The number of aliphatic hydroxyl groups is 1. The van der Waals surface area contributed by atoms with Crippen molar-refractivity contribution in [3.63, 3.8) is 0 Å². The van der Waals surface area contributed by atoms with Crippen LogP contribution in [0.2, 0.25) is 5.02 Å². The highest BCUT2D eigenvalue weighted by atomic mass is 35.5. The van der Waals surface area contributed by atoms with Crippen molar-refractivity contribution in [1.29, 1.82) is 5.41 Å². The summed E-state index contributed by atoms with van der Waals surface area (Å²) < 4.78 is 13.4. The molecule has 1 aliphatic rings. The lowest BCUT2D eigenvalue weighted by Gasteiger charge is -2.18. The molecule has 0 saturated carbocycles. The van der Waals surface area contributed by atoms with Crippen molar-refractivity contribution in [3.8, 4) is 10.6 Å². The summed E-state index contributed by atoms with van der Waals surface area (Å²) in [7, 11) is 0. The van der Waals surface area contributed by atoms with Crippen molar-refractivity contribution in [2.24, 2.45) is 0 Å². The number of halogens is 2. The molecule has 3 aromatic rings. The number of aromatic nitrogens is 1. The molecule has 3 heterocycles. The Bertz CT molecular complexity index is 997. The third-order valence-corrected chi connectivity index (χ3v) is 5.85. The summed E-state index contributed by atoms with van der Waals surface area (Å²) >= 11 is 8.80. The maximum Gasteiger partial charge on any atom is 0.141 e. The van der Waals surface area contributed by atoms with E-state index in [2.05, 4.69) is 4.98 Å². The third-order valence-electron chi connectivity index (χ3n) is 3.81. The Hall–Kier alpha value is -2.22. The van der Waals surface area contributed by atoms with E-state index in [9.17, 15) is 9.50 Å². The van der Waals surface area contributed by atoms with Crippen LogP contribution in [0.25, 0.3) is 16.1 Å². The van der Waals surface area contributed by atoms with E-state index in [1.807, 2.05) is 22.9 Å². The second kappa shape index (κ2) is 6.25. The Balaban J connectivity index is 1.66. The topological polar surface area (TPSA) is 60.2 Å². The number of rotatable bonds is 3. The molecule has 0 radical (unpaired) electrons. The van der Waals surface area contributed by atoms with Crippen LogP contribution in [0.5, 0.6) is 0 Å². The lowest BCUT2D eigenvalue weighted by molar-refractivity contribution is 0.411. The number of nitrogens with zero attached hydrogens (tertiary/aromatic N) is 2. The number of amidine groups is 1. The summed E-state index contributed by atoms with van der Waals surface area (Å²) in [6.45, 7) is 0.129. The van der Waals surface area contributed by atoms with Crippen molar-refractivity contribution >= 4 is 51.4 Å². The van der Waals surface area contributed by atoms with E-state index in [1.54, 1.807) is 16.2 Å². The molecule has 1 aromatic carbocycles. The third kappa shape index (κ3) is 2.84. The van der Waals surface area contributed by atoms with Gasteiger partial charge in [-0.3, -0.25) is 5.41 Å². The highest BCUT2D eigenvalue weighted by Gasteiger charge is 2.31. The second-order valence-electron chi connectivity index (χ2n) is 5.37. The number of benzene rings is 1. The molecule has 0 unspecified atom stereocenters. The van der Waals surface area contributed by atoms with Gasteiger partial charge in [-0.05, 0) is 29.6 Å². The predicted molar refractivity (Wildman–Crippen MR) is 101 cm³/mol. The first kappa shape index (κ1) is 16.3. The molecule has 0 amide bonds. The van der Waals surface area contributed by atoms with Crippen molar-refractivity contribution in [2.75, 3.05) is 11.4 Å². The van der Waals surface area contributed by atoms with E-state index >= 15 is 0 Å². The van der Waals surface area contributed by atoms with Gasteiger partial charge in [0.15, 0.2) is 0 Å². The standard InChI is InChI=1S/C17H11ClFN3OS2/c18-10-6-9(3-4-11(10)19)22-7-13(23)15(16(22)20)17-21-12(8-25-17)14-2-1-5-24-14/h1-6,8,20,23H,7H2. The van der Waals surface area contributed by atoms with Gasteiger partial charge in [0.2, 0.25) is 0 Å². The van der Waals surface area contributed by atoms with Gasteiger partial charge < -0.3 is 10.0 Å². The average molecular weight is 392 g/mol. The van der Waals surface area contributed by atoms with Crippen molar-refractivity contribution in [1.82, 2.24) is 4.98 Å². The van der Waals surface area contributed by atoms with Gasteiger partial charge in [-0.2, -0.15) is 0 Å². The number of anilines is 1. The monoisotopic (exact) mass is 391 g/mol. The molecule has 0 fully saturated rings. The van der Waals surface area contributed by atoms with Gasteiger partial charge in [-0.1, -0.05) is 17.7 Å². The summed E-state index contributed by atoms with van der Waals surface area (Å²) in [5.41, 5.74) is 1.77. The van der Waals surface area contributed by atoms with Gasteiger partial charge >= 0.3 is 0 Å². The maximum absolute atomic E-state index is 13.4. The molecule has 0 saturated heterocycles. The lowest BCUT2D eigenvalue weighted by atomic mass is 10.2. The molecular formula is C17H11ClFN3OS2. The Morgan fingerprint density at radius 3 is 2.84 bits per heavy atom. The van der Waals surface area contributed by atoms with E-state index in [0.29, 0.717) is 16.3 Å². The molecular weight excluding hydrogens is 381 g/mol. The summed E-state index contributed by atoms with van der Waals surface area (Å²) in [5.74, 6) is -0.334. The molecule has 25 heavy (non-hydrogen) atoms. The first-order valence-electron chi connectivity index (χ1n) is 7.28. The minimum atomic E-state index is -0.519. The molecule has 2 N–H and O–H groups in total. The number of hydrogen-bond donors (Lipinski definition) is 2. The lowest BCUT2D eigenvalue weighted by Crippen LogP contribution is -2.26. The van der Waals surface area contributed by atoms with Gasteiger partial charge in [0.25, 0.3) is 0 Å². The molecule has 0 aliphatic carbocycles. The molecule has 0 bridgehead atoms. The van der Waals surface area contributed by atoms with Gasteiger partial charge in [0, 0.05) is 11.1 Å². The molecule has 0 spiro atoms. The highest BCUT2D eigenvalue weighted by Crippen LogP contribution is 2.36. The summed E-state index contributed by atoms with van der Waals surface area (Å²) in [5, 5.41) is 23.2. The van der Waals surface area contributed by atoms with Crippen LogP contribution in [-0.4, -0.2) is 22.5 Å². The number of hydrogen-bond acceptors (Lipinski definition) is 5. The quantitative estimate of drug-likeness (QED) is 0.625. The first-order valence-corrected chi connectivity index (χ1v) is 9.41. The fourth-order valence-electron chi connectivity index (χ4n) is 2.60. The fourth-order valence-corrected chi connectivity index (χ4v) is 4.43. The van der Waals surface area contributed by atoms with E-state index in [4.69, 9.17) is 17.0 Å². The van der Waals surface area contributed by atoms with E-state index in [-0.39, 0.29) is 23.2 Å². The fraction of sp³-hybridized carbons (Fsp3) is 0.0588. The normalized spacial score (nSPS) is 14.6. The van der Waals surface area contributed by atoms with E-state index < -0.39 is 5.82 Å². The largest absolute Gasteiger partial charge is 0.510 e. The molecule has 0 atom stereocenters. The first-order chi connectivity index (χ1) is 12.0. The van der Waals surface area contributed by atoms with Crippen molar-refractivity contribution in [3.05, 3.63) is 62.7 Å². The molecule has 4 nitrogen and oxygen atoms in total. The smallest absolute Gasteiger partial charge is 0.141 e. The van der Waals surface area contributed by atoms with Crippen LogP contribution in [0.15, 0.2) is 46.9 Å². The molecule has 8 heteroatoms. The van der Waals surface area contributed by atoms with Crippen molar-refractivity contribution in [2.45, 2.75) is 0 Å². The predicted octanol–water partition coefficient (Wildman–Crippen LogP) is 5.43. The molecule has 1 aliphatic heterocycles. The van der Waals surface area contributed by atoms with Crippen LogP contribution in [0.3, 0.4) is 0 Å². The number of thiazole rings is 1. The van der Waals surface area contributed by atoms with Crippen LogP contribution >= 0.6 is 34.3 Å². The Kier molecular flexibility index (Phi) is 4.07. The zero-order valence-electron chi connectivity index (χ0n) is 12.7. The van der Waals surface area contributed by atoms with Gasteiger partial charge in [-0.15, -0.1) is 22.7 Å². The van der Waals surface area contributed by atoms with E-state index in [0.717, 1.165) is 10.6 Å². The number of aliphatic hydroxyl groups excluding tert-OH is 1. The Morgan fingerprint density at radius 1 is 1.28 bits per heavy atom. The molecule has 4 rings (SSSR count). The van der Waals surface area contributed by atoms with Gasteiger partial charge in [0.05, 0.1) is 27.7 Å². The maximum atomic E-state index is 13.4. The minimum Gasteiger partial charge on any atom is -0.510 e. The average Bonchev–Trinajstić information content (AvgIpc) is 3.30.